The van der Waals surface area contributed by atoms with Crippen molar-refractivity contribution >= 4 is 11.3 Å². The Labute approximate surface area is 131 Å². The Morgan fingerprint density at radius 3 is 2.68 bits per heavy atom. The van der Waals surface area contributed by atoms with E-state index in [0.29, 0.717) is 13.2 Å². The van der Waals surface area contributed by atoms with E-state index < -0.39 is 0 Å². The summed E-state index contributed by atoms with van der Waals surface area (Å²) in [6, 6.07) is 12.2. The van der Waals surface area contributed by atoms with Crippen molar-refractivity contribution in [2.75, 3.05) is 13.2 Å². The van der Waals surface area contributed by atoms with Crippen LogP contribution in [0.3, 0.4) is 0 Å². The molecular weight excluding hydrogens is 301 g/mol. The van der Waals surface area contributed by atoms with Gasteiger partial charge >= 0.3 is 0 Å². The molecule has 4 rings (SSSR count). The molecule has 0 spiro atoms. The molecule has 0 atom stereocenters. The molecule has 0 amide bonds. The molecule has 2 aromatic carbocycles. The smallest absolute Gasteiger partial charge is 0.162 e. The molecular formula is C17H12FNO2S. The predicted molar refractivity (Wildman–Crippen MR) is 83.9 cm³/mol. The SMILES string of the molecule is Fc1cccc(-c2nc(-c3ccc4c(c3)OCCO4)cs2)c1. The van der Waals surface area contributed by atoms with Crippen LogP contribution in [0.15, 0.2) is 47.8 Å². The Morgan fingerprint density at radius 1 is 0.955 bits per heavy atom. The van der Waals surface area contributed by atoms with E-state index in [9.17, 15) is 4.39 Å². The van der Waals surface area contributed by atoms with Gasteiger partial charge in [0.25, 0.3) is 0 Å². The average molecular weight is 313 g/mol. The number of hydrogen-bond donors (Lipinski definition) is 0. The topological polar surface area (TPSA) is 31.4 Å². The van der Waals surface area contributed by atoms with E-state index in [-0.39, 0.29) is 5.82 Å². The van der Waals surface area contributed by atoms with E-state index >= 15 is 0 Å². The van der Waals surface area contributed by atoms with E-state index in [1.165, 1.54) is 23.5 Å². The summed E-state index contributed by atoms with van der Waals surface area (Å²) in [6.45, 7) is 1.13. The van der Waals surface area contributed by atoms with Crippen molar-refractivity contribution in [3.8, 4) is 33.3 Å². The minimum Gasteiger partial charge on any atom is -0.486 e. The van der Waals surface area contributed by atoms with Crippen LogP contribution in [0.4, 0.5) is 4.39 Å². The van der Waals surface area contributed by atoms with Crippen LogP contribution < -0.4 is 9.47 Å². The lowest BCUT2D eigenvalue weighted by molar-refractivity contribution is 0.171. The van der Waals surface area contributed by atoms with Crippen LogP contribution >= 0.6 is 11.3 Å². The first kappa shape index (κ1) is 13.3. The van der Waals surface area contributed by atoms with Crippen LogP contribution in [-0.2, 0) is 0 Å². The summed E-state index contributed by atoms with van der Waals surface area (Å²) in [6.07, 6.45) is 0. The Hall–Kier alpha value is -2.40. The average Bonchev–Trinajstić information content (AvgIpc) is 3.04. The highest BCUT2D eigenvalue weighted by Gasteiger charge is 2.14. The van der Waals surface area contributed by atoms with E-state index in [1.54, 1.807) is 6.07 Å². The number of rotatable bonds is 2. The normalized spacial score (nSPS) is 13.1. The van der Waals surface area contributed by atoms with Gasteiger partial charge in [-0.15, -0.1) is 11.3 Å². The third kappa shape index (κ3) is 2.44. The Bertz CT molecular complexity index is 831. The van der Waals surface area contributed by atoms with E-state index in [0.717, 1.165) is 33.3 Å². The van der Waals surface area contributed by atoms with E-state index in [1.807, 2.05) is 29.6 Å². The molecule has 22 heavy (non-hydrogen) atoms. The molecule has 2 heterocycles. The minimum absolute atomic E-state index is 0.256. The van der Waals surface area contributed by atoms with Gasteiger partial charge in [-0.3, -0.25) is 0 Å². The summed E-state index contributed by atoms with van der Waals surface area (Å²) in [5.41, 5.74) is 2.60. The van der Waals surface area contributed by atoms with Gasteiger partial charge in [-0.25, -0.2) is 9.37 Å². The predicted octanol–water partition coefficient (Wildman–Crippen LogP) is 4.39. The zero-order valence-electron chi connectivity index (χ0n) is 11.6. The van der Waals surface area contributed by atoms with Crippen molar-refractivity contribution in [3.63, 3.8) is 0 Å². The molecule has 0 fully saturated rings. The molecule has 3 nitrogen and oxygen atoms in total. The molecule has 0 saturated heterocycles. The van der Waals surface area contributed by atoms with Gasteiger partial charge in [-0.1, -0.05) is 12.1 Å². The summed E-state index contributed by atoms with van der Waals surface area (Å²) in [5, 5.41) is 2.76. The maximum Gasteiger partial charge on any atom is 0.162 e. The maximum atomic E-state index is 13.3. The molecule has 110 valence electrons. The molecule has 1 aliphatic rings. The maximum absolute atomic E-state index is 13.3. The molecule has 0 N–H and O–H groups in total. The fraction of sp³-hybridized carbons (Fsp3) is 0.118. The second-order valence-electron chi connectivity index (χ2n) is 4.91. The fourth-order valence-corrected chi connectivity index (χ4v) is 3.19. The molecule has 0 saturated carbocycles. The summed E-state index contributed by atoms with van der Waals surface area (Å²) < 4.78 is 24.4. The van der Waals surface area contributed by atoms with Crippen molar-refractivity contribution in [1.29, 1.82) is 0 Å². The molecule has 1 aliphatic heterocycles. The number of hydrogen-bond acceptors (Lipinski definition) is 4. The largest absolute Gasteiger partial charge is 0.486 e. The second kappa shape index (κ2) is 5.42. The van der Waals surface area contributed by atoms with Gasteiger partial charge in [0, 0.05) is 16.5 Å². The highest BCUT2D eigenvalue weighted by Crippen LogP contribution is 2.36. The molecule has 3 aromatic rings. The molecule has 0 unspecified atom stereocenters. The summed E-state index contributed by atoms with van der Waals surface area (Å²) >= 11 is 1.49. The van der Waals surface area contributed by atoms with Crippen LogP contribution in [0.2, 0.25) is 0 Å². The number of ether oxygens (including phenoxy) is 2. The highest BCUT2D eigenvalue weighted by atomic mass is 32.1. The van der Waals surface area contributed by atoms with Gasteiger partial charge in [0.05, 0.1) is 5.69 Å². The monoisotopic (exact) mass is 313 g/mol. The number of nitrogens with zero attached hydrogens (tertiary/aromatic N) is 1. The number of aromatic nitrogens is 1. The zero-order valence-corrected chi connectivity index (χ0v) is 12.4. The summed E-state index contributed by atoms with van der Waals surface area (Å²) in [7, 11) is 0. The van der Waals surface area contributed by atoms with Crippen LogP contribution in [0.5, 0.6) is 11.5 Å². The highest BCUT2D eigenvalue weighted by molar-refractivity contribution is 7.13. The first-order chi connectivity index (χ1) is 10.8. The van der Waals surface area contributed by atoms with Gasteiger partial charge in [-0.05, 0) is 30.3 Å². The molecule has 0 radical (unpaired) electrons. The van der Waals surface area contributed by atoms with Gasteiger partial charge in [-0.2, -0.15) is 0 Å². The number of benzene rings is 2. The number of fused-ring (bicyclic) bond motifs is 1. The number of thiazole rings is 1. The van der Waals surface area contributed by atoms with Crippen molar-refractivity contribution in [2.24, 2.45) is 0 Å². The Kier molecular flexibility index (Phi) is 3.27. The van der Waals surface area contributed by atoms with Crippen LogP contribution in [0.1, 0.15) is 0 Å². The fourth-order valence-electron chi connectivity index (χ4n) is 2.36. The van der Waals surface area contributed by atoms with Gasteiger partial charge in [0.2, 0.25) is 0 Å². The lowest BCUT2D eigenvalue weighted by atomic mass is 10.1. The van der Waals surface area contributed by atoms with Crippen molar-refractivity contribution in [3.05, 3.63) is 53.7 Å². The van der Waals surface area contributed by atoms with E-state index in [2.05, 4.69) is 4.98 Å². The lowest BCUT2D eigenvalue weighted by Crippen LogP contribution is -2.15. The van der Waals surface area contributed by atoms with Crippen LogP contribution in [0, 0.1) is 5.82 Å². The Balaban J connectivity index is 1.69. The first-order valence-corrected chi connectivity index (χ1v) is 7.79. The zero-order chi connectivity index (χ0) is 14.9. The third-order valence-electron chi connectivity index (χ3n) is 3.41. The summed E-state index contributed by atoms with van der Waals surface area (Å²) in [4.78, 5) is 4.60. The second-order valence-corrected chi connectivity index (χ2v) is 5.76. The van der Waals surface area contributed by atoms with Crippen molar-refractivity contribution in [1.82, 2.24) is 4.98 Å². The standard InChI is InChI=1S/C17H12FNO2S/c18-13-3-1-2-12(8-13)17-19-14(10-22-17)11-4-5-15-16(9-11)21-7-6-20-15/h1-5,8-10H,6-7H2. The van der Waals surface area contributed by atoms with Crippen molar-refractivity contribution < 1.29 is 13.9 Å². The molecule has 0 aliphatic carbocycles. The summed E-state index contributed by atoms with van der Waals surface area (Å²) in [5.74, 6) is 1.24. The molecule has 0 bridgehead atoms. The number of halogens is 1. The first-order valence-electron chi connectivity index (χ1n) is 6.91. The van der Waals surface area contributed by atoms with Crippen LogP contribution in [0.25, 0.3) is 21.8 Å². The molecule has 5 heteroatoms. The Morgan fingerprint density at radius 2 is 1.82 bits per heavy atom. The quantitative estimate of drug-likeness (QED) is 0.703. The molecule has 1 aromatic heterocycles. The van der Waals surface area contributed by atoms with Gasteiger partial charge in [0.15, 0.2) is 11.5 Å². The minimum atomic E-state index is -0.256. The third-order valence-corrected chi connectivity index (χ3v) is 4.31. The van der Waals surface area contributed by atoms with Crippen LogP contribution in [-0.4, -0.2) is 18.2 Å². The lowest BCUT2D eigenvalue weighted by Gasteiger charge is -2.18. The van der Waals surface area contributed by atoms with Crippen molar-refractivity contribution in [2.45, 2.75) is 0 Å². The van der Waals surface area contributed by atoms with Gasteiger partial charge in [0.1, 0.15) is 24.0 Å². The van der Waals surface area contributed by atoms with E-state index in [4.69, 9.17) is 9.47 Å². The van der Waals surface area contributed by atoms with Gasteiger partial charge < -0.3 is 9.47 Å².